The Morgan fingerprint density at radius 1 is 1.36 bits per heavy atom. The van der Waals surface area contributed by atoms with Crippen LogP contribution in [-0.4, -0.2) is 30.3 Å². The van der Waals surface area contributed by atoms with E-state index in [1.54, 1.807) is 6.92 Å². The highest BCUT2D eigenvalue weighted by molar-refractivity contribution is 5.75. The number of hydrogen-bond donors (Lipinski definition) is 0. The van der Waals surface area contributed by atoms with E-state index in [2.05, 4.69) is 18.7 Å². The number of ketones is 1. The zero-order valence-electron chi connectivity index (χ0n) is 9.81. The van der Waals surface area contributed by atoms with Crippen LogP contribution in [0.1, 0.15) is 46.5 Å². The first-order chi connectivity index (χ1) is 6.56. The van der Waals surface area contributed by atoms with Gasteiger partial charge in [0.25, 0.3) is 0 Å². The average Bonchev–Trinajstić information content (AvgIpc) is 2.17. The summed E-state index contributed by atoms with van der Waals surface area (Å²) in [4.78, 5) is 13.3. The van der Waals surface area contributed by atoms with Crippen LogP contribution in [0.5, 0.6) is 0 Å². The average molecular weight is 197 g/mol. The number of carbonyl (C=O) groups is 1. The van der Waals surface area contributed by atoms with E-state index in [4.69, 9.17) is 0 Å². The molecule has 1 rings (SSSR count). The summed E-state index contributed by atoms with van der Waals surface area (Å²) in [6.45, 7) is 9.67. The SMILES string of the molecule is CCC1(C)CCN(CCC(C)=O)CC1. The summed E-state index contributed by atoms with van der Waals surface area (Å²) < 4.78 is 0. The van der Waals surface area contributed by atoms with Crippen molar-refractivity contribution in [3.05, 3.63) is 0 Å². The molecule has 14 heavy (non-hydrogen) atoms. The molecule has 0 amide bonds. The summed E-state index contributed by atoms with van der Waals surface area (Å²) >= 11 is 0. The summed E-state index contributed by atoms with van der Waals surface area (Å²) in [6.07, 6.45) is 4.60. The van der Waals surface area contributed by atoms with Crippen LogP contribution in [0.15, 0.2) is 0 Å². The van der Waals surface area contributed by atoms with Gasteiger partial charge in [-0.25, -0.2) is 0 Å². The number of likely N-dealkylation sites (tertiary alicyclic amines) is 1. The Bertz CT molecular complexity index is 192. The van der Waals surface area contributed by atoms with Gasteiger partial charge in [0.2, 0.25) is 0 Å². The van der Waals surface area contributed by atoms with Gasteiger partial charge in [0.15, 0.2) is 0 Å². The summed E-state index contributed by atoms with van der Waals surface area (Å²) in [7, 11) is 0. The third-order valence-electron chi connectivity index (χ3n) is 3.70. The first kappa shape index (κ1) is 11.7. The molecule has 0 aromatic rings. The largest absolute Gasteiger partial charge is 0.303 e. The van der Waals surface area contributed by atoms with E-state index in [-0.39, 0.29) is 0 Å². The molecule has 0 N–H and O–H groups in total. The fraction of sp³-hybridized carbons (Fsp3) is 0.917. The molecule has 0 bridgehead atoms. The predicted octanol–water partition coefficient (Wildman–Crippen LogP) is 2.48. The van der Waals surface area contributed by atoms with Crippen molar-refractivity contribution in [2.45, 2.75) is 46.5 Å². The first-order valence-corrected chi connectivity index (χ1v) is 5.77. The van der Waals surface area contributed by atoms with Crippen molar-refractivity contribution >= 4 is 5.78 Å². The van der Waals surface area contributed by atoms with Gasteiger partial charge in [0.1, 0.15) is 5.78 Å². The number of piperidine rings is 1. The van der Waals surface area contributed by atoms with Gasteiger partial charge in [-0.15, -0.1) is 0 Å². The molecule has 0 aromatic heterocycles. The highest BCUT2D eigenvalue weighted by Gasteiger charge is 2.27. The van der Waals surface area contributed by atoms with Gasteiger partial charge < -0.3 is 4.90 Å². The van der Waals surface area contributed by atoms with Crippen LogP contribution in [0.3, 0.4) is 0 Å². The lowest BCUT2D eigenvalue weighted by molar-refractivity contribution is -0.117. The van der Waals surface area contributed by atoms with E-state index in [0.29, 0.717) is 11.2 Å². The second-order valence-electron chi connectivity index (χ2n) is 4.96. The van der Waals surface area contributed by atoms with Crippen LogP contribution in [-0.2, 0) is 4.79 Å². The van der Waals surface area contributed by atoms with E-state index in [1.165, 1.54) is 32.4 Å². The van der Waals surface area contributed by atoms with Crippen molar-refractivity contribution < 1.29 is 4.79 Å². The minimum Gasteiger partial charge on any atom is -0.303 e. The van der Waals surface area contributed by atoms with Crippen LogP contribution >= 0.6 is 0 Å². The minimum absolute atomic E-state index is 0.314. The zero-order chi connectivity index (χ0) is 10.6. The molecule has 1 aliphatic heterocycles. The van der Waals surface area contributed by atoms with E-state index in [9.17, 15) is 4.79 Å². The van der Waals surface area contributed by atoms with Gasteiger partial charge >= 0.3 is 0 Å². The molecule has 0 saturated carbocycles. The normalized spacial score (nSPS) is 22.2. The molecule has 0 spiro atoms. The van der Waals surface area contributed by atoms with Crippen LogP contribution in [0.4, 0.5) is 0 Å². The van der Waals surface area contributed by atoms with Crippen LogP contribution < -0.4 is 0 Å². The summed E-state index contributed by atoms with van der Waals surface area (Å²) in [5.74, 6) is 0.314. The van der Waals surface area contributed by atoms with Gasteiger partial charge in [-0.3, -0.25) is 4.79 Å². The minimum atomic E-state index is 0.314. The lowest BCUT2D eigenvalue weighted by Gasteiger charge is -2.38. The van der Waals surface area contributed by atoms with Crippen molar-refractivity contribution in [1.82, 2.24) is 4.90 Å². The summed E-state index contributed by atoms with van der Waals surface area (Å²) in [5, 5.41) is 0. The van der Waals surface area contributed by atoms with Crippen molar-refractivity contribution in [2.24, 2.45) is 5.41 Å². The van der Waals surface area contributed by atoms with E-state index in [1.807, 2.05) is 0 Å². The van der Waals surface area contributed by atoms with Gasteiger partial charge in [-0.1, -0.05) is 20.3 Å². The molecule has 2 heteroatoms. The molecule has 1 heterocycles. The second-order valence-corrected chi connectivity index (χ2v) is 4.96. The first-order valence-electron chi connectivity index (χ1n) is 5.77. The molecule has 0 aliphatic carbocycles. The van der Waals surface area contributed by atoms with Crippen molar-refractivity contribution in [3.63, 3.8) is 0 Å². The Morgan fingerprint density at radius 3 is 2.36 bits per heavy atom. The van der Waals surface area contributed by atoms with Crippen molar-refractivity contribution in [3.8, 4) is 0 Å². The number of hydrogen-bond acceptors (Lipinski definition) is 2. The Morgan fingerprint density at radius 2 is 1.93 bits per heavy atom. The van der Waals surface area contributed by atoms with Crippen LogP contribution in [0.25, 0.3) is 0 Å². The topological polar surface area (TPSA) is 20.3 Å². The molecule has 1 aliphatic rings. The molecule has 1 fully saturated rings. The quantitative estimate of drug-likeness (QED) is 0.690. The Kier molecular flexibility index (Phi) is 4.11. The molecule has 0 unspecified atom stereocenters. The third-order valence-corrected chi connectivity index (χ3v) is 3.70. The Labute approximate surface area is 87.7 Å². The van der Waals surface area contributed by atoms with Crippen LogP contribution in [0.2, 0.25) is 0 Å². The van der Waals surface area contributed by atoms with Gasteiger partial charge in [0.05, 0.1) is 0 Å². The molecule has 0 radical (unpaired) electrons. The lowest BCUT2D eigenvalue weighted by atomic mass is 9.78. The maximum atomic E-state index is 10.8. The number of nitrogens with zero attached hydrogens (tertiary/aromatic N) is 1. The number of carbonyl (C=O) groups excluding carboxylic acids is 1. The Balaban J connectivity index is 2.25. The molecule has 2 nitrogen and oxygen atoms in total. The van der Waals surface area contributed by atoms with E-state index < -0.39 is 0 Å². The number of Topliss-reactive ketones (excluding diaryl/α,β-unsaturated/α-hetero) is 1. The molecule has 0 atom stereocenters. The Hall–Kier alpha value is -0.370. The number of rotatable bonds is 4. The van der Waals surface area contributed by atoms with Crippen LogP contribution in [0, 0.1) is 5.41 Å². The second kappa shape index (κ2) is 4.92. The molecular weight excluding hydrogens is 174 g/mol. The smallest absolute Gasteiger partial charge is 0.131 e. The maximum absolute atomic E-state index is 10.8. The van der Waals surface area contributed by atoms with Gasteiger partial charge in [0, 0.05) is 13.0 Å². The predicted molar refractivity (Wildman–Crippen MR) is 59.4 cm³/mol. The third kappa shape index (κ3) is 3.41. The van der Waals surface area contributed by atoms with E-state index in [0.717, 1.165) is 13.0 Å². The molecule has 0 aromatic carbocycles. The zero-order valence-corrected chi connectivity index (χ0v) is 9.81. The summed E-state index contributed by atoms with van der Waals surface area (Å²) in [5.41, 5.74) is 0.562. The van der Waals surface area contributed by atoms with Crippen molar-refractivity contribution in [1.29, 1.82) is 0 Å². The molecular formula is C12H23NO. The van der Waals surface area contributed by atoms with Gasteiger partial charge in [-0.2, -0.15) is 0 Å². The lowest BCUT2D eigenvalue weighted by Crippen LogP contribution is -2.39. The molecule has 82 valence electrons. The molecule has 1 saturated heterocycles. The highest BCUT2D eigenvalue weighted by atomic mass is 16.1. The van der Waals surface area contributed by atoms with E-state index >= 15 is 0 Å². The maximum Gasteiger partial charge on any atom is 0.131 e. The van der Waals surface area contributed by atoms with Crippen molar-refractivity contribution in [2.75, 3.05) is 19.6 Å². The van der Waals surface area contributed by atoms with Gasteiger partial charge in [-0.05, 0) is 38.3 Å². The fourth-order valence-corrected chi connectivity index (χ4v) is 1.99. The standard InChI is InChI=1S/C12H23NO/c1-4-12(3)6-9-13(10-7-12)8-5-11(2)14/h4-10H2,1-3H3. The monoisotopic (exact) mass is 197 g/mol. The fourth-order valence-electron chi connectivity index (χ4n) is 1.99. The summed E-state index contributed by atoms with van der Waals surface area (Å²) in [6, 6.07) is 0. The highest BCUT2D eigenvalue weighted by Crippen LogP contribution is 2.33.